The minimum absolute atomic E-state index is 0.0819. The summed E-state index contributed by atoms with van der Waals surface area (Å²) in [5.74, 6) is -0.605. The Balaban J connectivity index is 2.00. The van der Waals surface area contributed by atoms with Gasteiger partial charge in [-0.05, 0) is 28.8 Å². The highest BCUT2D eigenvalue weighted by Gasteiger charge is 2.18. The van der Waals surface area contributed by atoms with Gasteiger partial charge < -0.3 is 10.4 Å². The van der Waals surface area contributed by atoms with Crippen molar-refractivity contribution in [2.24, 2.45) is 0 Å². The number of carboxylic acid groups (broad SMARTS) is 1. The quantitative estimate of drug-likeness (QED) is 0.423. The summed E-state index contributed by atoms with van der Waals surface area (Å²) in [6.45, 7) is 0. The number of hydrogen-bond acceptors (Lipinski definition) is 3. The van der Waals surface area contributed by atoms with Gasteiger partial charge in [0.1, 0.15) is 6.04 Å². The van der Waals surface area contributed by atoms with Gasteiger partial charge in [0.2, 0.25) is 0 Å². The topological polar surface area (TPSA) is 49.3 Å². The Hall–Kier alpha value is -2.72. The van der Waals surface area contributed by atoms with Gasteiger partial charge >= 0.3 is 5.97 Å². The minimum atomic E-state index is -0.909. The summed E-state index contributed by atoms with van der Waals surface area (Å²) in [5, 5.41) is 12.3. The number of thiol groups is 1. The average molecular weight is 363 g/mol. The Morgan fingerprint density at radius 1 is 0.846 bits per heavy atom. The molecule has 132 valence electrons. The third-order valence-corrected chi connectivity index (χ3v) is 4.67. The Labute approximate surface area is 159 Å². The van der Waals surface area contributed by atoms with Crippen LogP contribution in [0.5, 0.6) is 0 Å². The van der Waals surface area contributed by atoms with Crippen LogP contribution in [0.1, 0.15) is 22.6 Å². The second-order valence-corrected chi connectivity index (χ2v) is 6.46. The molecule has 0 aliphatic heterocycles. The molecule has 0 saturated carbocycles. The van der Waals surface area contributed by atoms with Gasteiger partial charge in [-0.25, -0.2) is 4.79 Å². The number of carboxylic acids is 1. The van der Waals surface area contributed by atoms with Crippen molar-refractivity contribution in [1.29, 1.82) is 0 Å². The van der Waals surface area contributed by atoms with E-state index in [0.717, 1.165) is 11.3 Å². The molecule has 0 amide bonds. The van der Waals surface area contributed by atoms with Gasteiger partial charge in [-0.3, -0.25) is 0 Å². The summed E-state index contributed by atoms with van der Waals surface area (Å²) < 4.78 is 0. The molecule has 0 unspecified atom stereocenters. The number of anilines is 1. The molecule has 3 rings (SSSR count). The fourth-order valence-electron chi connectivity index (χ4n) is 3.06. The van der Waals surface area contributed by atoms with Gasteiger partial charge in [0, 0.05) is 17.4 Å². The van der Waals surface area contributed by atoms with Gasteiger partial charge in [-0.2, -0.15) is 12.6 Å². The van der Waals surface area contributed by atoms with Crippen LogP contribution in [0, 0.1) is 0 Å². The van der Waals surface area contributed by atoms with Crippen LogP contribution in [0.4, 0.5) is 5.69 Å². The first-order valence-corrected chi connectivity index (χ1v) is 9.12. The second-order valence-electron chi connectivity index (χ2n) is 6.10. The van der Waals surface area contributed by atoms with Crippen LogP contribution in [0.2, 0.25) is 0 Å². The van der Waals surface area contributed by atoms with Crippen LogP contribution < -0.4 is 5.32 Å². The summed E-state index contributed by atoms with van der Waals surface area (Å²) >= 11 is 4.12. The van der Waals surface area contributed by atoms with Crippen LogP contribution in [0.3, 0.4) is 0 Å². The van der Waals surface area contributed by atoms with Crippen molar-refractivity contribution >= 4 is 24.3 Å². The van der Waals surface area contributed by atoms with E-state index in [1.165, 1.54) is 11.1 Å². The molecule has 0 spiro atoms. The SMILES string of the molecule is O=C(O)[C@H](CS)Nc1cccc(C(c2ccccc2)c2ccccc2)c1. The van der Waals surface area contributed by atoms with E-state index in [9.17, 15) is 9.90 Å². The Kier molecular flexibility index (Phi) is 5.97. The van der Waals surface area contributed by atoms with E-state index in [1.54, 1.807) is 0 Å². The van der Waals surface area contributed by atoms with E-state index in [2.05, 4.69) is 48.3 Å². The van der Waals surface area contributed by atoms with E-state index < -0.39 is 12.0 Å². The highest BCUT2D eigenvalue weighted by Crippen LogP contribution is 2.33. The van der Waals surface area contributed by atoms with E-state index in [1.807, 2.05) is 54.6 Å². The van der Waals surface area contributed by atoms with Crippen LogP contribution >= 0.6 is 12.6 Å². The fraction of sp³-hybridized carbons (Fsp3) is 0.136. The van der Waals surface area contributed by atoms with Gasteiger partial charge in [-0.15, -0.1) is 0 Å². The zero-order valence-corrected chi connectivity index (χ0v) is 15.1. The lowest BCUT2D eigenvalue weighted by Gasteiger charge is -2.21. The van der Waals surface area contributed by atoms with Crippen LogP contribution in [0.25, 0.3) is 0 Å². The van der Waals surface area contributed by atoms with E-state index in [4.69, 9.17) is 0 Å². The smallest absolute Gasteiger partial charge is 0.326 e. The number of nitrogens with one attached hydrogen (secondary N) is 1. The molecule has 0 fully saturated rings. The molecular weight excluding hydrogens is 342 g/mol. The predicted octanol–water partition coefficient (Wildman–Crippen LogP) is 4.66. The lowest BCUT2D eigenvalue weighted by Crippen LogP contribution is -2.30. The fourth-order valence-corrected chi connectivity index (χ4v) is 3.31. The molecule has 0 aliphatic carbocycles. The predicted molar refractivity (Wildman–Crippen MR) is 109 cm³/mol. The van der Waals surface area contributed by atoms with Gasteiger partial charge in [0.25, 0.3) is 0 Å². The van der Waals surface area contributed by atoms with Crippen molar-refractivity contribution in [3.63, 3.8) is 0 Å². The molecule has 0 heterocycles. The molecule has 2 N–H and O–H groups in total. The normalized spacial score (nSPS) is 11.9. The monoisotopic (exact) mass is 363 g/mol. The zero-order chi connectivity index (χ0) is 18.4. The second kappa shape index (κ2) is 8.59. The molecule has 3 aromatic carbocycles. The van der Waals surface area contributed by atoms with Crippen molar-refractivity contribution in [2.75, 3.05) is 11.1 Å². The third-order valence-electron chi connectivity index (χ3n) is 4.31. The lowest BCUT2D eigenvalue weighted by atomic mass is 9.85. The van der Waals surface area contributed by atoms with Crippen molar-refractivity contribution in [2.45, 2.75) is 12.0 Å². The highest BCUT2D eigenvalue weighted by atomic mass is 32.1. The Morgan fingerprint density at radius 2 is 1.38 bits per heavy atom. The van der Waals surface area contributed by atoms with Crippen molar-refractivity contribution in [3.05, 3.63) is 102 Å². The van der Waals surface area contributed by atoms with Crippen LogP contribution in [-0.2, 0) is 4.79 Å². The molecule has 0 bridgehead atoms. The van der Waals surface area contributed by atoms with Gasteiger partial charge in [0.05, 0.1) is 0 Å². The number of carbonyl (C=O) groups is 1. The van der Waals surface area contributed by atoms with Crippen molar-refractivity contribution in [3.8, 4) is 0 Å². The van der Waals surface area contributed by atoms with Gasteiger partial charge in [0.15, 0.2) is 0 Å². The molecule has 4 heteroatoms. The van der Waals surface area contributed by atoms with E-state index in [0.29, 0.717) is 0 Å². The number of aliphatic carboxylic acids is 1. The molecule has 26 heavy (non-hydrogen) atoms. The summed E-state index contributed by atoms with van der Waals surface area (Å²) in [7, 11) is 0. The molecular formula is C22H21NO2S. The summed E-state index contributed by atoms with van der Waals surface area (Å²) in [5.41, 5.74) is 4.27. The number of rotatable bonds is 7. The Bertz CT molecular complexity index is 813. The number of benzene rings is 3. The standard InChI is InChI=1S/C22H21NO2S/c24-22(25)20(15-26)23-19-13-7-12-18(14-19)21(16-8-3-1-4-9-16)17-10-5-2-6-11-17/h1-14,20-21,23,26H,15H2,(H,24,25)/t20-/m0/s1. The van der Waals surface area contributed by atoms with Crippen LogP contribution in [0.15, 0.2) is 84.9 Å². The summed E-state index contributed by atoms with van der Waals surface area (Å²) in [6, 6.07) is 27.8. The van der Waals surface area contributed by atoms with E-state index in [-0.39, 0.29) is 11.7 Å². The molecule has 3 nitrogen and oxygen atoms in total. The first kappa shape index (κ1) is 18.1. The number of hydrogen-bond donors (Lipinski definition) is 3. The molecule has 0 saturated heterocycles. The van der Waals surface area contributed by atoms with Crippen molar-refractivity contribution in [1.82, 2.24) is 0 Å². The van der Waals surface area contributed by atoms with Gasteiger partial charge in [-0.1, -0.05) is 72.8 Å². The molecule has 0 aromatic heterocycles. The Morgan fingerprint density at radius 3 is 1.88 bits per heavy atom. The molecule has 1 atom stereocenters. The highest BCUT2D eigenvalue weighted by molar-refractivity contribution is 7.80. The third kappa shape index (κ3) is 4.27. The maximum absolute atomic E-state index is 11.3. The largest absolute Gasteiger partial charge is 0.480 e. The maximum Gasteiger partial charge on any atom is 0.326 e. The van der Waals surface area contributed by atoms with E-state index >= 15 is 0 Å². The van der Waals surface area contributed by atoms with Crippen LogP contribution in [-0.4, -0.2) is 22.9 Å². The summed E-state index contributed by atoms with van der Waals surface area (Å²) in [6.07, 6.45) is 0. The molecule has 3 aromatic rings. The lowest BCUT2D eigenvalue weighted by molar-refractivity contribution is -0.137. The van der Waals surface area contributed by atoms with Crippen molar-refractivity contribution < 1.29 is 9.90 Å². The first-order chi connectivity index (χ1) is 12.7. The first-order valence-electron chi connectivity index (χ1n) is 8.49. The minimum Gasteiger partial charge on any atom is -0.480 e. The summed E-state index contributed by atoms with van der Waals surface area (Å²) in [4.78, 5) is 11.3. The maximum atomic E-state index is 11.3. The zero-order valence-electron chi connectivity index (χ0n) is 14.2. The average Bonchev–Trinajstić information content (AvgIpc) is 2.68. The molecule has 0 radical (unpaired) electrons. The molecule has 0 aliphatic rings.